The average Bonchev–Trinajstić information content (AvgIpc) is 3.54. The average molecular weight is 469 g/mol. The number of thiazole rings is 1. The van der Waals surface area contributed by atoms with Crippen LogP contribution in [-0.2, 0) is 18.4 Å². The number of nitrogens with one attached hydrogen (secondary N) is 2. The van der Waals surface area contributed by atoms with Gasteiger partial charge in [0.05, 0.1) is 24.3 Å². The second-order valence-electron chi connectivity index (χ2n) is 6.86. The van der Waals surface area contributed by atoms with Gasteiger partial charge in [0, 0.05) is 18.0 Å². The summed E-state index contributed by atoms with van der Waals surface area (Å²) in [4.78, 5) is 28.8. The van der Waals surface area contributed by atoms with Crippen LogP contribution in [0.3, 0.4) is 0 Å². The van der Waals surface area contributed by atoms with Gasteiger partial charge >= 0.3 is 0 Å². The molecule has 0 saturated carbocycles. The van der Waals surface area contributed by atoms with Gasteiger partial charge in [0.2, 0.25) is 5.91 Å². The number of aromatic nitrogens is 4. The summed E-state index contributed by atoms with van der Waals surface area (Å²) in [6.45, 7) is 2.22. The molecule has 0 radical (unpaired) electrons. The molecule has 0 atom stereocenters. The van der Waals surface area contributed by atoms with Crippen molar-refractivity contribution < 1.29 is 14.0 Å². The van der Waals surface area contributed by atoms with Gasteiger partial charge in [-0.15, -0.1) is 21.5 Å². The Balaban J connectivity index is 1.28. The Hall–Kier alpha value is -3.44. The summed E-state index contributed by atoms with van der Waals surface area (Å²) >= 11 is 2.64. The van der Waals surface area contributed by atoms with Gasteiger partial charge in [-0.2, -0.15) is 0 Å². The molecule has 3 aromatic heterocycles. The number of amides is 2. The van der Waals surface area contributed by atoms with Crippen LogP contribution in [0.1, 0.15) is 21.9 Å². The van der Waals surface area contributed by atoms with Crippen LogP contribution in [0.4, 0.5) is 5.13 Å². The molecule has 0 unspecified atom stereocenters. The molecule has 3 heterocycles. The molecule has 164 valence electrons. The van der Waals surface area contributed by atoms with Gasteiger partial charge in [0.25, 0.3) is 5.91 Å². The monoisotopic (exact) mass is 468 g/mol. The number of furan rings is 1. The number of nitrogens with zero attached hydrogens (tertiary/aromatic N) is 4. The van der Waals surface area contributed by atoms with Gasteiger partial charge in [-0.25, -0.2) is 4.98 Å². The van der Waals surface area contributed by atoms with Crippen LogP contribution in [-0.4, -0.2) is 37.3 Å². The van der Waals surface area contributed by atoms with E-state index in [2.05, 4.69) is 25.8 Å². The summed E-state index contributed by atoms with van der Waals surface area (Å²) in [6.07, 6.45) is 1.44. The number of hydrogen-bond acceptors (Lipinski definition) is 8. The second kappa shape index (κ2) is 9.79. The highest BCUT2D eigenvalue weighted by atomic mass is 32.2. The summed E-state index contributed by atoms with van der Waals surface area (Å²) in [5.74, 6) is 0.432. The van der Waals surface area contributed by atoms with E-state index in [0.29, 0.717) is 16.1 Å². The summed E-state index contributed by atoms with van der Waals surface area (Å²) in [6, 6.07) is 11.3. The fourth-order valence-corrected chi connectivity index (χ4v) is 4.22. The van der Waals surface area contributed by atoms with Gasteiger partial charge in [-0.05, 0) is 19.1 Å². The van der Waals surface area contributed by atoms with Crippen molar-refractivity contribution in [3.8, 4) is 11.3 Å². The van der Waals surface area contributed by atoms with Gasteiger partial charge in [0.1, 0.15) is 0 Å². The van der Waals surface area contributed by atoms with Crippen molar-refractivity contribution in [1.29, 1.82) is 0 Å². The Bertz CT molecular complexity index is 1210. The zero-order valence-corrected chi connectivity index (χ0v) is 19.0. The maximum absolute atomic E-state index is 12.4. The Kier molecular flexibility index (Phi) is 6.66. The zero-order chi connectivity index (χ0) is 22.5. The topological polar surface area (TPSA) is 115 Å². The molecule has 0 saturated heterocycles. The van der Waals surface area contributed by atoms with E-state index in [-0.39, 0.29) is 29.9 Å². The highest BCUT2D eigenvalue weighted by Crippen LogP contribution is 2.25. The van der Waals surface area contributed by atoms with Gasteiger partial charge in [-0.3, -0.25) is 9.59 Å². The fraction of sp³-hybridized carbons (Fsp3) is 0.190. The van der Waals surface area contributed by atoms with Crippen molar-refractivity contribution in [2.75, 3.05) is 11.1 Å². The first-order valence-electron chi connectivity index (χ1n) is 9.65. The quantitative estimate of drug-likeness (QED) is 0.380. The predicted molar refractivity (Wildman–Crippen MR) is 123 cm³/mol. The first-order valence-corrected chi connectivity index (χ1v) is 11.5. The van der Waals surface area contributed by atoms with E-state index >= 15 is 0 Å². The van der Waals surface area contributed by atoms with Crippen LogP contribution in [0.2, 0.25) is 0 Å². The van der Waals surface area contributed by atoms with Crippen molar-refractivity contribution in [3.05, 3.63) is 65.2 Å². The van der Waals surface area contributed by atoms with Crippen LogP contribution in [0.15, 0.2) is 57.6 Å². The van der Waals surface area contributed by atoms with Crippen LogP contribution in [0, 0.1) is 6.92 Å². The smallest absolute Gasteiger partial charge is 0.287 e. The first kappa shape index (κ1) is 21.8. The SMILES string of the molecule is Cc1ccc(-c2csc(NC(=O)CSc3nnc(CNC(=O)c4ccco4)n3C)n2)cc1. The lowest BCUT2D eigenvalue weighted by Crippen LogP contribution is -2.24. The summed E-state index contributed by atoms with van der Waals surface area (Å²) in [5, 5.41) is 16.7. The third-order valence-electron chi connectivity index (χ3n) is 4.51. The van der Waals surface area contributed by atoms with E-state index in [4.69, 9.17) is 4.42 Å². The van der Waals surface area contributed by atoms with Crippen molar-refractivity contribution in [2.45, 2.75) is 18.6 Å². The van der Waals surface area contributed by atoms with Gasteiger partial charge in [0.15, 0.2) is 21.9 Å². The predicted octanol–water partition coefficient (Wildman–Crippen LogP) is 3.50. The Labute approximate surface area is 192 Å². The molecule has 11 heteroatoms. The minimum absolute atomic E-state index is 0.157. The van der Waals surface area contributed by atoms with Crippen molar-refractivity contribution >= 4 is 40.0 Å². The Morgan fingerprint density at radius 2 is 2.00 bits per heavy atom. The molecule has 2 N–H and O–H groups in total. The van der Waals surface area contributed by atoms with Crippen molar-refractivity contribution in [1.82, 2.24) is 25.1 Å². The molecule has 9 nitrogen and oxygen atoms in total. The largest absolute Gasteiger partial charge is 0.459 e. The van der Waals surface area contributed by atoms with E-state index < -0.39 is 0 Å². The van der Waals surface area contributed by atoms with Crippen molar-refractivity contribution in [2.24, 2.45) is 7.05 Å². The molecular weight excluding hydrogens is 448 g/mol. The molecule has 0 fully saturated rings. The minimum Gasteiger partial charge on any atom is -0.459 e. The van der Waals surface area contributed by atoms with E-state index in [1.165, 1.54) is 34.9 Å². The van der Waals surface area contributed by atoms with E-state index in [9.17, 15) is 9.59 Å². The molecule has 4 rings (SSSR count). The van der Waals surface area contributed by atoms with Crippen LogP contribution >= 0.6 is 23.1 Å². The molecule has 1 aromatic carbocycles. The number of thioether (sulfide) groups is 1. The number of carbonyl (C=O) groups excluding carboxylic acids is 2. The summed E-state index contributed by atoms with van der Waals surface area (Å²) in [7, 11) is 1.78. The minimum atomic E-state index is -0.333. The van der Waals surface area contributed by atoms with Gasteiger partial charge < -0.3 is 19.6 Å². The number of rotatable bonds is 8. The lowest BCUT2D eigenvalue weighted by Gasteiger charge is -2.05. The van der Waals surface area contributed by atoms with Crippen LogP contribution < -0.4 is 10.6 Å². The van der Waals surface area contributed by atoms with E-state index in [0.717, 1.165) is 11.3 Å². The lowest BCUT2D eigenvalue weighted by atomic mass is 10.1. The lowest BCUT2D eigenvalue weighted by molar-refractivity contribution is -0.113. The Morgan fingerprint density at radius 3 is 2.75 bits per heavy atom. The number of aryl methyl sites for hydroxylation is 1. The summed E-state index contributed by atoms with van der Waals surface area (Å²) < 4.78 is 6.79. The molecule has 0 aliphatic rings. The third-order valence-corrected chi connectivity index (χ3v) is 6.29. The third kappa shape index (κ3) is 5.24. The maximum Gasteiger partial charge on any atom is 0.287 e. The van der Waals surface area contributed by atoms with E-state index in [1.54, 1.807) is 23.7 Å². The molecule has 0 aliphatic heterocycles. The molecule has 0 bridgehead atoms. The van der Waals surface area contributed by atoms with Gasteiger partial charge in [-0.1, -0.05) is 41.6 Å². The van der Waals surface area contributed by atoms with Crippen molar-refractivity contribution in [3.63, 3.8) is 0 Å². The molecule has 4 aromatic rings. The highest BCUT2D eigenvalue weighted by Gasteiger charge is 2.15. The normalized spacial score (nSPS) is 10.8. The molecule has 2 amide bonds. The number of benzene rings is 1. The number of hydrogen-bond donors (Lipinski definition) is 2. The maximum atomic E-state index is 12.4. The second-order valence-corrected chi connectivity index (χ2v) is 8.66. The van der Waals surface area contributed by atoms with Crippen LogP contribution in [0.5, 0.6) is 0 Å². The number of anilines is 1. The number of carbonyl (C=O) groups is 2. The first-order chi connectivity index (χ1) is 15.5. The molecule has 0 spiro atoms. The molecule has 32 heavy (non-hydrogen) atoms. The Morgan fingerprint density at radius 1 is 1.19 bits per heavy atom. The molecular formula is C21H20N6O3S2. The van der Waals surface area contributed by atoms with E-state index in [1.807, 2.05) is 36.6 Å². The zero-order valence-electron chi connectivity index (χ0n) is 17.4. The fourth-order valence-electron chi connectivity index (χ4n) is 2.75. The standard InChI is InChI=1S/C21H20N6O3S2/c1-13-5-7-14(8-6-13)15-11-31-20(23-15)24-18(28)12-32-21-26-25-17(27(21)2)10-22-19(29)16-4-3-9-30-16/h3-9,11H,10,12H2,1-2H3,(H,22,29)(H,23,24,28). The molecule has 0 aliphatic carbocycles. The highest BCUT2D eigenvalue weighted by molar-refractivity contribution is 7.99. The summed E-state index contributed by atoms with van der Waals surface area (Å²) in [5.41, 5.74) is 3.02. The van der Waals surface area contributed by atoms with Crippen LogP contribution in [0.25, 0.3) is 11.3 Å².